The highest BCUT2D eigenvalue weighted by Gasteiger charge is 2.36. The lowest BCUT2D eigenvalue weighted by Gasteiger charge is -2.13. The minimum atomic E-state index is -4.32. The monoisotopic (exact) mass is 245 g/mol. The summed E-state index contributed by atoms with van der Waals surface area (Å²) in [6.07, 6.45) is -4.47. The van der Waals surface area contributed by atoms with Crippen LogP contribution in [0.4, 0.5) is 13.2 Å². The van der Waals surface area contributed by atoms with E-state index in [9.17, 15) is 13.2 Å². The molecule has 1 atom stereocenters. The van der Waals surface area contributed by atoms with E-state index in [2.05, 4.69) is 0 Å². The van der Waals surface area contributed by atoms with Gasteiger partial charge in [-0.25, -0.2) is 0 Å². The molecule has 1 unspecified atom stereocenters. The predicted molar refractivity (Wildman–Crippen MR) is 59.6 cm³/mol. The second-order valence-electron chi connectivity index (χ2n) is 3.60. The van der Waals surface area contributed by atoms with Gasteiger partial charge in [0.25, 0.3) is 0 Å². The fourth-order valence-electron chi connectivity index (χ4n) is 1.47. The molecule has 1 aromatic carbocycles. The van der Waals surface area contributed by atoms with E-state index in [0.29, 0.717) is 4.88 Å². The maximum absolute atomic E-state index is 12.3. The number of benzene rings is 1. The third-order valence-electron chi connectivity index (χ3n) is 2.32. The smallest absolute Gasteiger partial charge is 0.320 e. The molecule has 0 saturated heterocycles. The van der Waals surface area contributed by atoms with Crippen LogP contribution in [0.5, 0.6) is 0 Å². The Balaban J connectivity index is 2.22. The Hall–Kier alpha value is -1.07. The summed E-state index contributed by atoms with van der Waals surface area (Å²) in [6.45, 7) is 0. The molecular weight excluding hydrogens is 235 g/mol. The molecule has 0 bridgehead atoms. The Kier molecular flexibility index (Phi) is 2.90. The summed E-state index contributed by atoms with van der Waals surface area (Å²) in [5, 5.41) is 0.969. The van der Waals surface area contributed by atoms with Gasteiger partial charge in [-0.3, -0.25) is 0 Å². The van der Waals surface area contributed by atoms with Gasteiger partial charge in [0.15, 0.2) is 0 Å². The van der Waals surface area contributed by atoms with E-state index in [0.717, 1.165) is 10.1 Å². The van der Waals surface area contributed by atoms with Crippen LogP contribution >= 0.6 is 11.3 Å². The molecule has 16 heavy (non-hydrogen) atoms. The SMILES string of the molecule is NC(Cc1cc2ccccc2s1)C(F)(F)F. The first kappa shape index (κ1) is 11.4. The molecule has 0 amide bonds. The topological polar surface area (TPSA) is 26.0 Å². The number of nitrogens with two attached hydrogens (primary N) is 1. The molecule has 0 aliphatic rings. The summed E-state index contributed by atoms with van der Waals surface area (Å²) in [4.78, 5) is 0.672. The molecule has 2 aromatic rings. The number of hydrogen-bond donors (Lipinski definition) is 1. The lowest BCUT2D eigenvalue weighted by Crippen LogP contribution is -2.38. The number of rotatable bonds is 2. The van der Waals surface area contributed by atoms with Gasteiger partial charge in [-0.1, -0.05) is 18.2 Å². The zero-order chi connectivity index (χ0) is 11.8. The first-order chi connectivity index (χ1) is 7.47. The third-order valence-corrected chi connectivity index (χ3v) is 3.46. The van der Waals surface area contributed by atoms with E-state index in [4.69, 9.17) is 5.73 Å². The maximum Gasteiger partial charge on any atom is 0.403 e. The Labute approximate surface area is 94.7 Å². The second-order valence-corrected chi connectivity index (χ2v) is 4.77. The van der Waals surface area contributed by atoms with Crippen LogP contribution in [0.1, 0.15) is 4.88 Å². The van der Waals surface area contributed by atoms with Crippen molar-refractivity contribution < 1.29 is 13.2 Å². The van der Waals surface area contributed by atoms with Crippen molar-refractivity contribution in [2.75, 3.05) is 0 Å². The number of halogens is 3. The summed E-state index contributed by atoms with van der Waals surface area (Å²) in [7, 11) is 0. The fraction of sp³-hybridized carbons (Fsp3) is 0.273. The molecule has 0 radical (unpaired) electrons. The second kappa shape index (κ2) is 4.07. The van der Waals surface area contributed by atoms with Gasteiger partial charge in [0.05, 0.1) is 0 Å². The van der Waals surface area contributed by atoms with E-state index in [-0.39, 0.29) is 6.42 Å². The average molecular weight is 245 g/mol. The van der Waals surface area contributed by atoms with Crippen LogP contribution in [0.2, 0.25) is 0 Å². The zero-order valence-electron chi connectivity index (χ0n) is 8.29. The number of fused-ring (bicyclic) bond motifs is 1. The van der Waals surface area contributed by atoms with Crippen LogP contribution < -0.4 is 5.73 Å². The van der Waals surface area contributed by atoms with Crippen molar-refractivity contribution >= 4 is 21.4 Å². The first-order valence-corrected chi connectivity index (χ1v) is 5.58. The van der Waals surface area contributed by atoms with E-state index < -0.39 is 12.2 Å². The Morgan fingerprint density at radius 1 is 1.25 bits per heavy atom. The Bertz CT molecular complexity index is 456. The molecule has 0 saturated carbocycles. The summed E-state index contributed by atoms with van der Waals surface area (Å²) in [5.41, 5.74) is 5.09. The number of hydrogen-bond acceptors (Lipinski definition) is 2. The number of alkyl halides is 3. The van der Waals surface area contributed by atoms with E-state index in [1.165, 1.54) is 11.3 Å². The standard InChI is InChI=1S/C11H10F3NS/c12-11(13,14)10(15)6-8-5-7-3-1-2-4-9(7)16-8/h1-5,10H,6,15H2. The van der Waals surface area contributed by atoms with Crippen LogP contribution in [-0.2, 0) is 6.42 Å². The van der Waals surface area contributed by atoms with Crippen LogP contribution in [-0.4, -0.2) is 12.2 Å². The number of thiophene rings is 1. The van der Waals surface area contributed by atoms with Gasteiger partial charge < -0.3 is 5.73 Å². The first-order valence-electron chi connectivity index (χ1n) is 4.76. The minimum Gasteiger partial charge on any atom is -0.320 e. The van der Waals surface area contributed by atoms with Crippen molar-refractivity contribution in [3.05, 3.63) is 35.2 Å². The average Bonchev–Trinajstić information content (AvgIpc) is 2.58. The zero-order valence-corrected chi connectivity index (χ0v) is 9.11. The van der Waals surface area contributed by atoms with Gasteiger partial charge in [-0.2, -0.15) is 13.2 Å². The normalized spacial score (nSPS) is 14.2. The van der Waals surface area contributed by atoms with Crippen LogP contribution in [0.15, 0.2) is 30.3 Å². The fourth-order valence-corrected chi connectivity index (χ4v) is 2.59. The highest BCUT2D eigenvalue weighted by atomic mass is 32.1. The van der Waals surface area contributed by atoms with Gasteiger partial charge >= 0.3 is 6.18 Å². The Morgan fingerprint density at radius 2 is 1.94 bits per heavy atom. The summed E-state index contributed by atoms with van der Waals surface area (Å²) in [5.74, 6) is 0. The molecule has 2 rings (SSSR count). The molecule has 5 heteroatoms. The van der Waals surface area contributed by atoms with E-state index in [1.807, 2.05) is 24.3 Å². The molecule has 2 N–H and O–H groups in total. The van der Waals surface area contributed by atoms with Crippen LogP contribution in [0.3, 0.4) is 0 Å². The lowest BCUT2D eigenvalue weighted by atomic mass is 10.1. The van der Waals surface area contributed by atoms with Gasteiger partial charge in [-0.05, 0) is 17.5 Å². The van der Waals surface area contributed by atoms with Crippen molar-refractivity contribution in [3.8, 4) is 0 Å². The quantitative estimate of drug-likeness (QED) is 0.862. The van der Waals surface area contributed by atoms with Crippen molar-refractivity contribution in [2.45, 2.75) is 18.6 Å². The highest BCUT2D eigenvalue weighted by molar-refractivity contribution is 7.19. The maximum atomic E-state index is 12.3. The van der Waals surface area contributed by atoms with E-state index in [1.54, 1.807) is 6.07 Å². The lowest BCUT2D eigenvalue weighted by molar-refractivity contribution is -0.147. The molecule has 1 nitrogen and oxygen atoms in total. The summed E-state index contributed by atoms with van der Waals surface area (Å²) < 4.78 is 37.8. The highest BCUT2D eigenvalue weighted by Crippen LogP contribution is 2.28. The van der Waals surface area contributed by atoms with Gasteiger partial charge in [0.1, 0.15) is 6.04 Å². The third kappa shape index (κ3) is 2.36. The minimum absolute atomic E-state index is 0.150. The van der Waals surface area contributed by atoms with Gasteiger partial charge in [0.2, 0.25) is 0 Å². The van der Waals surface area contributed by atoms with Crippen LogP contribution in [0.25, 0.3) is 10.1 Å². The van der Waals surface area contributed by atoms with Gasteiger partial charge in [0, 0.05) is 16.0 Å². The molecule has 1 heterocycles. The summed E-state index contributed by atoms with van der Waals surface area (Å²) in [6, 6.07) is 7.50. The summed E-state index contributed by atoms with van der Waals surface area (Å²) >= 11 is 1.36. The molecule has 1 aromatic heterocycles. The largest absolute Gasteiger partial charge is 0.403 e. The molecule has 86 valence electrons. The molecule has 0 aliphatic heterocycles. The predicted octanol–water partition coefficient (Wildman–Crippen LogP) is 3.33. The van der Waals surface area contributed by atoms with E-state index >= 15 is 0 Å². The molecular formula is C11H10F3NS. The van der Waals surface area contributed by atoms with Crippen molar-refractivity contribution in [1.29, 1.82) is 0 Å². The molecule has 0 aliphatic carbocycles. The molecule has 0 fully saturated rings. The Morgan fingerprint density at radius 3 is 2.56 bits per heavy atom. The van der Waals surface area contributed by atoms with Crippen LogP contribution in [0, 0.1) is 0 Å². The molecule has 0 spiro atoms. The van der Waals surface area contributed by atoms with Crippen molar-refractivity contribution in [1.82, 2.24) is 0 Å². The van der Waals surface area contributed by atoms with Crippen molar-refractivity contribution in [3.63, 3.8) is 0 Å². The van der Waals surface area contributed by atoms with Crippen molar-refractivity contribution in [2.24, 2.45) is 5.73 Å². The van der Waals surface area contributed by atoms with Gasteiger partial charge in [-0.15, -0.1) is 11.3 Å².